The molecule has 1 fully saturated rings. The van der Waals surface area contributed by atoms with Gasteiger partial charge in [0, 0.05) is 25.4 Å². The predicted molar refractivity (Wildman–Crippen MR) is 65.0 cm³/mol. The van der Waals surface area contributed by atoms with Gasteiger partial charge in [0.2, 0.25) is 11.8 Å². The molecule has 6 heteroatoms. The van der Waals surface area contributed by atoms with Crippen LogP contribution in [0.3, 0.4) is 0 Å². The van der Waals surface area contributed by atoms with Crippen molar-refractivity contribution in [3.63, 3.8) is 0 Å². The van der Waals surface area contributed by atoms with Gasteiger partial charge in [0.05, 0.1) is 5.56 Å². The van der Waals surface area contributed by atoms with Crippen molar-refractivity contribution >= 4 is 17.7 Å². The van der Waals surface area contributed by atoms with Crippen LogP contribution in [0.1, 0.15) is 34.3 Å². The van der Waals surface area contributed by atoms with E-state index in [4.69, 9.17) is 0 Å². The molecular weight excluding hydrogens is 246 g/mol. The molecule has 1 atom stereocenters. The minimum absolute atomic E-state index is 0.180. The summed E-state index contributed by atoms with van der Waals surface area (Å²) in [5, 5.41) is 2.28. The monoisotopic (exact) mass is 259 g/mol. The van der Waals surface area contributed by atoms with Crippen molar-refractivity contribution in [1.82, 2.24) is 15.2 Å². The number of fused-ring (bicyclic) bond motifs is 1. The zero-order valence-corrected chi connectivity index (χ0v) is 10.5. The summed E-state index contributed by atoms with van der Waals surface area (Å²) >= 11 is 0. The maximum absolute atomic E-state index is 12.3. The number of imide groups is 1. The van der Waals surface area contributed by atoms with Crippen LogP contribution in [0.4, 0.5) is 0 Å². The van der Waals surface area contributed by atoms with Crippen molar-refractivity contribution in [2.24, 2.45) is 0 Å². The molecule has 0 aliphatic carbocycles. The summed E-state index contributed by atoms with van der Waals surface area (Å²) in [4.78, 5) is 40.8. The van der Waals surface area contributed by atoms with E-state index in [1.54, 1.807) is 6.20 Å². The van der Waals surface area contributed by atoms with Gasteiger partial charge in [-0.15, -0.1) is 0 Å². The molecule has 0 spiro atoms. The Balaban J connectivity index is 1.90. The second-order valence-corrected chi connectivity index (χ2v) is 4.88. The molecule has 2 aliphatic heterocycles. The van der Waals surface area contributed by atoms with Gasteiger partial charge in [-0.25, -0.2) is 0 Å². The third kappa shape index (κ3) is 1.80. The Labute approximate surface area is 109 Å². The average Bonchev–Trinajstić information content (AvgIpc) is 2.69. The van der Waals surface area contributed by atoms with Gasteiger partial charge < -0.3 is 4.90 Å². The first kappa shape index (κ1) is 11.8. The molecule has 1 N–H and O–H groups in total. The van der Waals surface area contributed by atoms with Crippen molar-refractivity contribution in [2.75, 3.05) is 0 Å². The number of carbonyl (C=O) groups excluding carboxylic acids is 3. The number of rotatable bonds is 1. The molecule has 0 aromatic carbocycles. The van der Waals surface area contributed by atoms with Gasteiger partial charge in [-0.2, -0.15) is 0 Å². The Bertz CT molecular complexity index is 597. The molecule has 19 heavy (non-hydrogen) atoms. The molecule has 3 amide bonds. The van der Waals surface area contributed by atoms with E-state index in [9.17, 15) is 14.4 Å². The third-order valence-corrected chi connectivity index (χ3v) is 3.68. The first-order chi connectivity index (χ1) is 9.08. The Kier molecular flexibility index (Phi) is 2.58. The van der Waals surface area contributed by atoms with Crippen molar-refractivity contribution in [1.29, 1.82) is 0 Å². The lowest BCUT2D eigenvalue weighted by molar-refractivity contribution is -0.136. The van der Waals surface area contributed by atoms with E-state index >= 15 is 0 Å². The summed E-state index contributed by atoms with van der Waals surface area (Å²) in [5.74, 6) is -0.841. The van der Waals surface area contributed by atoms with Crippen LogP contribution in [-0.4, -0.2) is 33.6 Å². The number of piperidine rings is 1. The molecule has 1 saturated heterocycles. The molecule has 6 nitrogen and oxygen atoms in total. The number of aryl methyl sites for hydroxylation is 1. The summed E-state index contributed by atoms with van der Waals surface area (Å²) in [6.07, 6.45) is 3.90. The van der Waals surface area contributed by atoms with Crippen molar-refractivity contribution in [3.8, 4) is 0 Å². The molecule has 0 radical (unpaired) electrons. The van der Waals surface area contributed by atoms with Crippen LogP contribution in [0.15, 0.2) is 12.4 Å². The molecule has 1 unspecified atom stereocenters. The summed E-state index contributed by atoms with van der Waals surface area (Å²) < 4.78 is 0. The van der Waals surface area contributed by atoms with E-state index < -0.39 is 6.04 Å². The highest BCUT2D eigenvalue weighted by atomic mass is 16.2. The molecule has 1 aromatic rings. The van der Waals surface area contributed by atoms with Gasteiger partial charge >= 0.3 is 0 Å². The number of nitrogens with zero attached hydrogens (tertiary/aromatic N) is 2. The Morgan fingerprint density at radius 1 is 1.32 bits per heavy atom. The maximum Gasteiger partial charge on any atom is 0.256 e. The fraction of sp³-hybridized carbons (Fsp3) is 0.385. The molecular formula is C13H13N3O3. The molecule has 3 rings (SSSR count). The van der Waals surface area contributed by atoms with Crippen LogP contribution in [0.2, 0.25) is 0 Å². The van der Waals surface area contributed by atoms with E-state index in [0.29, 0.717) is 18.5 Å². The second-order valence-electron chi connectivity index (χ2n) is 4.88. The number of hydrogen-bond donors (Lipinski definition) is 1. The number of hydrogen-bond acceptors (Lipinski definition) is 4. The van der Waals surface area contributed by atoms with Gasteiger partial charge in [0.15, 0.2) is 0 Å². The van der Waals surface area contributed by atoms with Crippen LogP contribution < -0.4 is 5.32 Å². The smallest absolute Gasteiger partial charge is 0.256 e. The number of amides is 3. The number of pyridine rings is 1. The maximum atomic E-state index is 12.3. The van der Waals surface area contributed by atoms with Crippen LogP contribution in [-0.2, 0) is 16.1 Å². The first-order valence-corrected chi connectivity index (χ1v) is 6.16. The van der Waals surface area contributed by atoms with E-state index in [0.717, 1.165) is 11.1 Å². The highest BCUT2D eigenvalue weighted by molar-refractivity contribution is 6.05. The molecule has 0 saturated carbocycles. The van der Waals surface area contributed by atoms with Crippen molar-refractivity contribution in [2.45, 2.75) is 32.4 Å². The van der Waals surface area contributed by atoms with Crippen LogP contribution in [0, 0.1) is 6.92 Å². The van der Waals surface area contributed by atoms with Gasteiger partial charge in [-0.05, 0) is 24.5 Å². The first-order valence-electron chi connectivity index (χ1n) is 6.16. The average molecular weight is 259 g/mol. The van der Waals surface area contributed by atoms with E-state index in [2.05, 4.69) is 10.3 Å². The normalized spacial score (nSPS) is 22.5. The summed E-state index contributed by atoms with van der Waals surface area (Å²) in [7, 11) is 0. The topological polar surface area (TPSA) is 79.4 Å². The Morgan fingerprint density at radius 3 is 2.79 bits per heavy atom. The number of nitrogens with one attached hydrogen (secondary N) is 1. The zero-order chi connectivity index (χ0) is 13.6. The van der Waals surface area contributed by atoms with Gasteiger partial charge in [-0.3, -0.25) is 24.7 Å². The quantitative estimate of drug-likeness (QED) is 0.728. The van der Waals surface area contributed by atoms with Crippen LogP contribution in [0.25, 0.3) is 0 Å². The number of aromatic nitrogens is 1. The summed E-state index contributed by atoms with van der Waals surface area (Å²) in [6.45, 7) is 2.31. The minimum Gasteiger partial charge on any atom is -0.322 e. The minimum atomic E-state index is -0.558. The Hall–Kier alpha value is -2.24. The summed E-state index contributed by atoms with van der Waals surface area (Å²) in [5.41, 5.74) is 2.43. The van der Waals surface area contributed by atoms with E-state index in [-0.39, 0.29) is 24.1 Å². The lowest BCUT2D eigenvalue weighted by Crippen LogP contribution is -2.52. The van der Waals surface area contributed by atoms with Crippen molar-refractivity contribution in [3.05, 3.63) is 29.1 Å². The van der Waals surface area contributed by atoms with Gasteiger partial charge in [0.1, 0.15) is 6.04 Å². The fourth-order valence-corrected chi connectivity index (χ4v) is 2.61. The highest BCUT2D eigenvalue weighted by Crippen LogP contribution is 2.28. The largest absolute Gasteiger partial charge is 0.322 e. The second kappa shape index (κ2) is 4.15. The Morgan fingerprint density at radius 2 is 2.11 bits per heavy atom. The van der Waals surface area contributed by atoms with Gasteiger partial charge in [-0.1, -0.05) is 0 Å². The summed E-state index contributed by atoms with van der Waals surface area (Å²) in [6, 6.07) is -0.558. The SMILES string of the molecule is Cc1cncc2c1CN(C1CCC(=O)NC1=O)C2=O. The molecule has 3 heterocycles. The molecule has 1 aromatic heterocycles. The van der Waals surface area contributed by atoms with Crippen LogP contribution >= 0.6 is 0 Å². The van der Waals surface area contributed by atoms with Crippen LogP contribution in [0.5, 0.6) is 0 Å². The molecule has 98 valence electrons. The standard InChI is InChI=1S/C13H13N3O3/c1-7-4-14-5-8-9(7)6-16(13(8)19)10-2-3-11(17)15-12(10)18/h4-5,10H,2-3,6H2,1H3,(H,15,17,18). The lowest BCUT2D eigenvalue weighted by Gasteiger charge is -2.29. The predicted octanol–water partition coefficient (Wildman–Crippen LogP) is 0.151. The van der Waals surface area contributed by atoms with E-state index in [1.165, 1.54) is 11.1 Å². The zero-order valence-electron chi connectivity index (χ0n) is 10.5. The number of carbonyl (C=O) groups is 3. The third-order valence-electron chi connectivity index (χ3n) is 3.68. The van der Waals surface area contributed by atoms with Gasteiger partial charge in [0.25, 0.3) is 5.91 Å². The van der Waals surface area contributed by atoms with E-state index in [1.807, 2.05) is 6.92 Å². The molecule has 0 bridgehead atoms. The molecule has 2 aliphatic rings. The lowest BCUT2D eigenvalue weighted by atomic mass is 10.0. The van der Waals surface area contributed by atoms with Crippen molar-refractivity contribution < 1.29 is 14.4 Å². The fourth-order valence-electron chi connectivity index (χ4n) is 2.61. The highest BCUT2D eigenvalue weighted by Gasteiger charge is 2.39.